The standard InChI is InChI=1S/C16H28N4O/c1-4-5-13-19-14(17-3)10-15(20-13)18-11-16(21)8-6-12(2)7-9-16/h10,12,21H,4-9,11H2,1-3H3,(H2,17,18,19,20). The predicted octanol–water partition coefficient (Wildman–Crippen LogP) is 2.82. The van der Waals surface area contributed by atoms with Gasteiger partial charge in [0.15, 0.2) is 0 Å². The van der Waals surface area contributed by atoms with Crippen LogP contribution in [-0.2, 0) is 6.42 Å². The molecule has 1 aromatic rings. The topological polar surface area (TPSA) is 70.1 Å². The third kappa shape index (κ3) is 4.56. The lowest BCUT2D eigenvalue weighted by Gasteiger charge is -2.35. The Morgan fingerprint density at radius 3 is 2.57 bits per heavy atom. The van der Waals surface area contributed by atoms with Gasteiger partial charge in [0.1, 0.15) is 17.5 Å². The second-order valence-corrected chi connectivity index (χ2v) is 6.32. The van der Waals surface area contributed by atoms with Gasteiger partial charge in [-0.25, -0.2) is 9.97 Å². The molecule has 0 atom stereocenters. The highest BCUT2D eigenvalue weighted by Gasteiger charge is 2.31. The molecule has 118 valence electrons. The molecule has 1 aliphatic carbocycles. The summed E-state index contributed by atoms with van der Waals surface area (Å²) in [6.07, 6.45) is 5.83. The minimum Gasteiger partial charge on any atom is -0.388 e. The summed E-state index contributed by atoms with van der Waals surface area (Å²) in [5, 5.41) is 17.0. The average Bonchev–Trinajstić information content (AvgIpc) is 2.49. The van der Waals surface area contributed by atoms with Crippen molar-refractivity contribution in [3.05, 3.63) is 11.9 Å². The number of hydrogen-bond donors (Lipinski definition) is 3. The summed E-state index contributed by atoms with van der Waals surface area (Å²) in [6.45, 7) is 4.94. The van der Waals surface area contributed by atoms with E-state index in [1.54, 1.807) is 0 Å². The van der Waals surface area contributed by atoms with Gasteiger partial charge in [-0.3, -0.25) is 0 Å². The highest BCUT2D eigenvalue weighted by atomic mass is 16.3. The summed E-state index contributed by atoms with van der Waals surface area (Å²) in [5.41, 5.74) is -0.595. The summed E-state index contributed by atoms with van der Waals surface area (Å²) in [5.74, 6) is 3.19. The van der Waals surface area contributed by atoms with E-state index >= 15 is 0 Å². The normalized spacial score (nSPS) is 25.6. The first kappa shape index (κ1) is 16.0. The molecule has 0 saturated heterocycles. The molecule has 0 unspecified atom stereocenters. The molecule has 0 bridgehead atoms. The summed E-state index contributed by atoms with van der Waals surface area (Å²) in [6, 6.07) is 1.90. The van der Waals surface area contributed by atoms with Gasteiger partial charge in [0.25, 0.3) is 0 Å². The van der Waals surface area contributed by atoms with Gasteiger partial charge in [0.2, 0.25) is 0 Å². The highest BCUT2D eigenvalue weighted by molar-refractivity contribution is 5.47. The van der Waals surface area contributed by atoms with Gasteiger partial charge in [0.05, 0.1) is 5.60 Å². The van der Waals surface area contributed by atoms with Gasteiger partial charge in [0, 0.05) is 26.1 Å². The van der Waals surface area contributed by atoms with Gasteiger partial charge >= 0.3 is 0 Å². The van der Waals surface area contributed by atoms with Crippen LogP contribution in [-0.4, -0.2) is 34.3 Å². The fourth-order valence-electron chi connectivity index (χ4n) is 2.78. The maximum Gasteiger partial charge on any atom is 0.133 e. The van der Waals surface area contributed by atoms with Crippen LogP contribution in [0.5, 0.6) is 0 Å². The largest absolute Gasteiger partial charge is 0.388 e. The highest BCUT2D eigenvalue weighted by Crippen LogP contribution is 2.31. The number of rotatable bonds is 6. The van der Waals surface area contributed by atoms with E-state index in [1.807, 2.05) is 13.1 Å². The van der Waals surface area contributed by atoms with Crippen molar-refractivity contribution in [2.75, 3.05) is 24.2 Å². The third-order valence-electron chi connectivity index (χ3n) is 4.31. The molecule has 2 rings (SSSR count). The van der Waals surface area contributed by atoms with E-state index in [2.05, 4.69) is 34.4 Å². The Kier molecular flexibility index (Phi) is 5.39. The van der Waals surface area contributed by atoms with Crippen molar-refractivity contribution in [2.45, 2.75) is 58.0 Å². The molecule has 0 amide bonds. The van der Waals surface area contributed by atoms with E-state index in [0.29, 0.717) is 6.54 Å². The quantitative estimate of drug-likeness (QED) is 0.752. The molecule has 0 spiro atoms. The molecule has 1 aromatic heterocycles. The van der Waals surface area contributed by atoms with Crippen LogP contribution >= 0.6 is 0 Å². The van der Waals surface area contributed by atoms with Crippen molar-refractivity contribution < 1.29 is 5.11 Å². The first-order valence-corrected chi connectivity index (χ1v) is 8.06. The molecule has 1 heterocycles. The molecular weight excluding hydrogens is 264 g/mol. The minimum absolute atomic E-state index is 0.561. The minimum atomic E-state index is -0.595. The van der Waals surface area contributed by atoms with Gasteiger partial charge in [-0.05, 0) is 38.0 Å². The lowest BCUT2D eigenvalue weighted by Crippen LogP contribution is -2.40. The lowest BCUT2D eigenvalue weighted by atomic mass is 9.79. The molecule has 1 saturated carbocycles. The zero-order valence-electron chi connectivity index (χ0n) is 13.4. The first-order chi connectivity index (χ1) is 10.0. The van der Waals surface area contributed by atoms with Gasteiger partial charge in [-0.2, -0.15) is 0 Å². The Hall–Kier alpha value is -1.36. The second kappa shape index (κ2) is 7.07. The van der Waals surface area contributed by atoms with Crippen LogP contribution in [0.15, 0.2) is 6.07 Å². The lowest BCUT2D eigenvalue weighted by molar-refractivity contribution is 0.00494. The van der Waals surface area contributed by atoms with Crippen LogP contribution in [0, 0.1) is 5.92 Å². The van der Waals surface area contributed by atoms with E-state index in [-0.39, 0.29) is 0 Å². The molecule has 1 aliphatic rings. The predicted molar refractivity (Wildman–Crippen MR) is 86.6 cm³/mol. The van der Waals surface area contributed by atoms with Gasteiger partial charge < -0.3 is 15.7 Å². The molecule has 21 heavy (non-hydrogen) atoms. The number of nitrogens with one attached hydrogen (secondary N) is 2. The Bertz CT molecular complexity index is 456. The Morgan fingerprint density at radius 2 is 1.95 bits per heavy atom. The molecule has 3 N–H and O–H groups in total. The third-order valence-corrected chi connectivity index (χ3v) is 4.31. The SMILES string of the molecule is CCCc1nc(NC)cc(NCC2(O)CCC(C)CC2)n1. The monoisotopic (exact) mass is 292 g/mol. The molecular formula is C16H28N4O. The van der Waals surface area contributed by atoms with Crippen molar-refractivity contribution in [3.8, 4) is 0 Å². The fraction of sp³-hybridized carbons (Fsp3) is 0.750. The van der Waals surface area contributed by atoms with Crippen LogP contribution in [0.3, 0.4) is 0 Å². The van der Waals surface area contributed by atoms with Crippen molar-refractivity contribution in [1.82, 2.24) is 9.97 Å². The average molecular weight is 292 g/mol. The number of aliphatic hydroxyl groups is 1. The number of aryl methyl sites for hydroxylation is 1. The number of anilines is 2. The summed E-state index contributed by atoms with van der Waals surface area (Å²) in [7, 11) is 1.86. The van der Waals surface area contributed by atoms with Crippen molar-refractivity contribution in [2.24, 2.45) is 5.92 Å². The number of nitrogens with zero attached hydrogens (tertiary/aromatic N) is 2. The molecule has 5 nitrogen and oxygen atoms in total. The summed E-state index contributed by atoms with van der Waals surface area (Å²) < 4.78 is 0. The van der Waals surface area contributed by atoms with E-state index in [9.17, 15) is 5.11 Å². The Labute approximate surface area is 127 Å². The van der Waals surface area contributed by atoms with E-state index in [0.717, 1.165) is 61.9 Å². The van der Waals surface area contributed by atoms with Crippen molar-refractivity contribution >= 4 is 11.6 Å². The Balaban J connectivity index is 2.00. The van der Waals surface area contributed by atoms with E-state index < -0.39 is 5.60 Å². The molecule has 1 fully saturated rings. The van der Waals surface area contributed by atoms with Crippen LogP contribution in [0.4, 0.5) is 11.6 Å². The molecule has 0 aromatic carbocycles. The maximum absolute atomic E-state index is 10.6. The summed E-state index contributed by atoms with van der Waals surface area (Å²) in [4.78, 5) is 8.97. The van der Waals surface area contributed by atoms with Crippen molar-refractivity contribution in [3.63, 3.8) is 0 Å². The van der Waals surface area contributed by atoms with Crippen LogP contribution < -0.4 is 10.6 Å². The zero-order chi connectivity index (χ0) is 15.3. The molecule has 0 aliphatic heterocycles. The van der Waals surface area contributed by atoms with Crippen LogP contribution in [0.25, 0.3) is 0 Å². The molecule has 5 heteroatoms. The van der Waals surface area contributed by atoms with Gasteiger partial charge in [-0.1, -0.05) is 13.8 Å². The van der Waals surface area contributed by atoms with Gasteiger partial charge in [-0.15, -0.1) is 0 Å². The van der Waals surface area contributed by atoms with Crippen LogP contribution in [0.1, 0.15) is 51.8 Å². The van der Waals surface area contributed by atoms with Crippen LogP contribution in [0.2, 0.25) is 0 Å². The van der Waals surface area contributed by atoms with Crippen molar-refractivity contribution in [1.29, 1.82) is 0 Å². The Morgan fingerprint density at radius 1 is 1.29 bits per heavy atom. The van der Waals surface area contributed by atoms with E-state index in [1.165, 1.54) is 0 Å². The second-order valence-electron chi connectivity index (χ2n) is 6.32. The smallest absolute Gasteiger partial charge is 0.133 e. The zero-order valence-corrected chi connectivity index (χ0v) is 13.4. The van der Waals surface area contributed by atoms with E-state index in [4.69, 9.17) is 0 Å². The maximum atomic E-state index is 10.6. The number of aromatic nitrogens is 2. The number of hydrogen-bond acceptors (Lipinski definition) is 5. The fourth-order valence-corrected chi connectivity index (χ4v) is 2.78. The first-order valence-electron chi connectivity index (χ1n) is 8.06. The molecule has 0 radical (unpaired) electrons. The summed E-state index contributed by atoms with van der Waals surface area (Å²) >= 11 is 0.